The van der Waals surface area contributed by atoms with Gasteiger partial charge in [0, 0.05) is 0 Å². The molecule has 2 aliphatic carbocycles. The summed E-state index contributed by atoms with van der Waals surface area (Å²) in [6, 6.07) is 12.4. The molecule has 15 heavy (non-hydrogen) atoms. The summed E-state index contributed by atoms with van der Waals surface area (Å²) in [6.07, 6.45) is 4.50. The highest BCUT2D eigenvalue weighted by atomic mass is 14.6. The highest BCUT2D eigenvalue weighted by Crippen LogP contribution is 2.61. The van der Waals surface area contributed by atoms with Crippen LogP contribution >= 0.6 is 0 Å². The third kappa shape index (κ3) is 0.611. The standard InChI is InChI=1S/C13H8N2/c14-8-12-6-3-7-13(12,9-15)11-5-2-1-4-10(11)12/h1-6H,7H2. The Morgan fingerprint density at radius 3 is 2.47 bits per heavy atom. The first-order valence-electron chi connectivity index (χ1n) is 4.91. The van der Waals surface area contributed by atoms with Crippen LogP contribution in [-0.4, -0.2) is 0 Å². The Balaban J connectivity index is 2.37. The van der Waals surface area contributed by atoms with Crippen molar-refractivity contribution in [2.75, 3.05) is 0 Å². The van der Waals surface area contributed by atoms with Gasteiger partial charge >= 0.3 is 0 Å². The van der Waals surface area contributed by atoms with Gasteiger partial charge in [-0.2, -0.15) is 10.5 Å². The van der Waals surface area contributed by atoms with Gasteiger partial charge in [0.15, 0.2) is 0 Å². The molecule has 0 amide bonds. The minimum atomic E-state index is -0.682. The van der Waals surface area contributed by atoms with Crippen LogP contribution < -0.4 is 0 Å². The van der Waals surface area contributed by atoms with Crippen molar-refractivity contribution in [2.24, 2.45) is 0 Å². The highest BCUT2D eigenvalue weighted by molar-refractivity contribution is 5.69. The van der Waals surface area contributed by atoms with Crippen LogP contribution in [0, 0.1) is 22.7 Å². The van der Waals surface area contributed by atoms with Gasteiger partial charge < -0.3 is 0 Å². The third-order valence-electron chi connectivity index (χ3n) is 3.64. The predicted octanol–water partition coefficient (Wildman–Crippen LogP) is 2.18. The SMILES string of the molecule is N#CC12C=CCC1(C#N)c1ccccc12. The Labute approximate surface area is 88.1 Å². The van der Waals surface area contributed by atoms with Crippen molar-refractivity contribution >= 4 is 0 Å². The van der Waals surface area contributed by atoms with Crippen LogP contribution in [0.15, 0.2) is 36.4 Å². The molecule has 2 aliphatic rings. The summed E-state index contributed by atoms with van der Waals surface area (Å²) in [5.41, 5.74) is 0.735. The van der Waals surface area contributed by atoms with Crippen LogP contribution in [0.25, 0.3) is 0 Å². The van der Waals surface area contributed by atoms with E-state index in [0.29, 0.717) is 6.42 Å². The van der Waals surface area contributed by atoms with Gasteiger partial charge in [0.1, 0.15) is 10.8 Å². The molecule has 0 bridgehead atoms. The van der Waals surface area contributed by atoms with Gasteiger partial charge in [-0.3, -0.25) is 0 Å². The summed E-state index contributed by atoms with van der Waals surface area (Å²) in [5, 5.41) is 18.7. The maximum absolute atomic E-state index is 9.35. The zero-order valence-electron chi connectivity index (χ0n) is 8.07. The summed E-state index contributed by atoms with van der Waals surface area (Å²) >= 11 is 0. The lowest BCUT2D eigenvalue weighted by molar-refractivity contribution is 0.376. The lowest BCUT2D eigenvalue weighted by Gasteiger charge is -2.47. The van der Waals surface area contributed by atoms with Crippen LogP contribution in [0.5, 0.6) is 0 Å². The second kappa shape index (κ2) is 2.30. The van der Waals surface area contributed by atoms with Crippen molar-refractivity contribution in [1.82, 2.24) is 0 Å². The van der Waals surface area contributed by atoms with Crippen molar-refractivity contribution in [3.8, 4) is 12.1 Å². The molecule has 0 saturated carbocycles. The second-order valence-electron chi connectivity index (χ2n) is 4.09. The van der Waals surface area contributed by atoms with Crippen LogP contribution in [0.1, 0.15) is 17.5 Å². The highest BCUT2D eigenvalue weighted by Gasteiger charge is 2.64. The van der Waals surface area contributed by atoms with Crippen molar-refractivity contribution < 1.29 is 0 Å². The minimum absolute atomic E-state index is 0.613. The van der Waals surface area contributed by atoms with Gasteiger partial charge in [-0.1, -0.05) is 36.4 Å². The van der Waals surface area contributed by atoms with Crippen LogP contribution in [0.3, 0.4) is 0 Å². The number of rotatable bonds is 0. The summed E-state index contributed by atoms with van der Waals surface area (Å²) < 4.78 is 0. The third-order valence-corrected chi connectivity index (χ3v) is 3.64. The predicted molar refractivity (Wildman–Crippen MR) is 54.8 cm³/mol. The molecule has 3 rings (SSSR count). The first-order chi connectivity index (χ1) is 7.31. The van der Waals surface area contributed by atoms with Crippen molar-refractivity contribution in [3.63, 3.8) is 0 Å². The molecule has 1 aromatic rings. The quantitative estimate of drug-likeness (QED) is 0.591. The van der Waals surface area contributed by atoms with Gasteiger partial charge in [0.05, 0.1) is 12.1 Å². The van der Waals surface area contributed by atoms with E-state index in [4.69, 9.17) is 0 Å². The van der Waals surface area contributed by atoms with Crippen molar-refractivity contribution in [1.29, 1.82) is 10.5 Å². The van der Waals surface area contributed by atoms with Gasteiger partial charge in [0.2, 0.25) is 0 Å². The monoisotopic (exact) mass is 192 g/mol. The van der Waals surface area contributed by atoms with E-state index in [-0.39, 0.29) is 0 Å². The molecular formula is C13H8N2. The average molecular weight is 192 g/mol. The van der Waals surface area contributed by atoms with Crippen molar-refractivity contribution in [2.45, 2.75) is 17.3 Å². The lowest BCUT2D eigenvalue weighted by Crippen LogP contribution is -2.53. The molecule has 0 N–H and O–H groups in total. The number of allylic oxidation sites excluding steroid dienone is 2. The topological polar surface area (TPSA) is 47.6 Å². The molecular weight excluding hydrogens is 184 g/mol. The van der Waals surface area contributed by atoms with E-state index in [0.717, 1.165) is 11.1 Å². The summed E-state index contributed by atoms with van der Waals surface area (Å²) in [6.45, 7) is 0. The molecule has 2 heteroatoms. The molecule has 0 heterocycles. The fourth-order valence-electron chi connectivity index (χ4n) is 2.88. The number of fused-ring (bicyclic) bond motifs is 4. The summed E-state index contributed by atoms with van der Waals surface area (Å²) in [4.78, 5) is 0. The molecule has 1 aromatic carbocycles. The van der Waals surface area contributed by atoms with Crippen LogP contribution in [-0.2, 0) is 10.8 Å². The summed E-state index contributed by atoms with van der Waals surface area (Å²) in [7, 11) is 0. The maximum Gasteiger partial charge on any atom is 0.124 e. The van der Waals surface area contributed by atoms with E-state index < -0.39 is 10.8 Å². The summed E-state index contributed by atoms with van der Waals surface area (Å²) in [5.74, 6) is 0. The zero-order valence-corrected chi connectivity index (χ0v) is 8.07. The van der Waals surface area contributed by atoms with Gasteiger partial charge in [-0.05, 0) is 17.5 Å². The molecule has 0 spiro atoms. The van der Waals surface area contributed by atoms with E-state index in [1.807, 2.05) is 36.4 Å². The molecule has 0 fully saturated rings. The Hall–Kier alpha value is -2.06. The number of hydrogen-bond donors (Lipinski definition) is 0. The smallest absolute Gasteiger partial charge is 0.124 e. The van der Waals surface area contributed by atoms with Crippen LogP contribution in [0.2, 0.25) is 0 Å². The largest absolute Gasteiger partial charge is 0.197 e. The minimum Gasteiger partial charge on any atom is -0.197 e. The number of nitrogens with zero attached hydrogens (tertiary/aromatic N) is 2. The lowest BCUT2D eigenvalue weighted by atomic mass is 9.49. The van der Waals surface area contributed by atoms with E-state index in [1.165, 1.54) is 0 Å². The van der Waals surface area contributed by atoms with Crippen molar-refractivity contribution in [3.05, 3.63) is 47.5 Å². The fraction of sp³-hybridized carbons (Fsp3) is 0.231. The average Bonchev–Trinajstić information content (AvgIpc) is 2.61. The van der Waals surface area contributed by atoms with Gasteiger partial charge in [-0.15, -0.1) is 0 Å². The van der Waals surface area contributed by atoms with E-state index in [2.05, 4.69) is 12.1 Å². The molecule has 2 unspecified atom stereocenters. The Kier molecular flexibility index (Phi) is 1.27. The number of nitriles is 2. The maximum atomic E-state index is 9.35. The molecule has 0 aliphatic heterocycles. The normalized spacial score (nSPS) is 34.5. The van der Waals surface area contributed by atoms with E-state index in [9.17, 15) is 10.5 Å². The molecule has 70 valence electrons. The Morgan fingerprint density at radius 2 is 1.80 bits per heavy atom. The molecule has 0 radical (unpaired) electrons. The first kappa shape index (κ1) is 8.26. The second-order valence-corrected chi connectivity index (χ2v) is 4.09. The molecule has 2 atom stereocenters. The van der Waals surface area contributed by atoms with E-state index >= 15 is 0 Å². The molecule has 0 saturated heterocycles. The number of hydrogen-bond acceptors (Lipinski definition) is 2. The fourth-order valence-corrected chi connectivity index (χ4v) is 2.88. The molecule has 2 nitrogen and oxygen atoms in total. The van der Waals surface area contributed by atoms with E-state index in [1.54, 1.807) is 0 Å². The Bertz CT molecular complexity index is 559. The molecule has 0 aromatic heterocycles. The van der Waals surface area contributed by atoms with Gasteiger partial charge in [0.25, 0.3) is 0 Å². The first-order valence-corrected chi connectivity index (χ1v) is 4.91. The number of benzene rings is 1. The zero-order chi connectivity index (χ0) is 10.5. The van der Waals surface area contributed by atoms with Crippen LogP contribution in [0.4, 0.5) is 0 Å². The Morgan fingerprint density at radius 1 is 1.07 bits per heavy atom. The van der Waals surface area contributed by atoms with Gasteiger partial charge in [-0.25, -0.2) is 0 Å².